The largest absolute Gasteiger partial charge is 0.384 e. The molecule has 2 rings (SSSR count). The van der Waals surface area contributed by atoms with E-state index in [1.807, 2.05) is 29.5 Å². The van der Waals surface area contributed by atoms with Gasteiger partial charge in [-0.2, -0.15) is 0 Å². The van der Waals surface area contributed by atoms with Gasteiger partial charge in [0.15, 0.2) is 0 Å². The molecule has 0 aliphatic carbocycles. The van der Waals surface area contributed by atoms with Crippen molar-refractivity contribution in [3.8, 4) is 0 Å². The molecule has 2 aromatic heterocycles. The van der Waals surface area contributed by atoms with Crippen LogP contribution >= 0.6 is 11.3 Å². The van der Waals surface area contributed by atoms with Gasteiger partial charge in [-0.05, 0) is 23.6 Å². The fourth-order valence-electron chi connectivity index (χ4n) is 1.62. The quantitative estimate of drug-likeness (QED) is 0.641. The maximum absolute atomic E-state index is 7.53. The van der Waals surface area contributed by atoms with Crippen molar-refractivity contribution in [3.05, 3.63) is 46.3 Å². The van der Waals surface area contributed by atoms with E-state index >= 15 is 0 Å². The van der Waals surface area contributed by atoms with Crippen LogP contribution in [0.15, 0.2) is 35.8 Å². The second kappa shape index (κ2) is 4.97. The molecule has 4 nitrogen and oxygen atoms in total. The van der Waals surface area contributed by atoms with Crippen molar-refractivity contribution in [2.24, 2.45) is 5.73 Å². The van der Waals surface area contributed by atoms with E-state index in [-0.39, 0.29) is 5.84 Å². The van der Waals surface area contributed by atoms with Crippen LogP contribution in [0.25, 0.3) is 0 Å². The van der Waals surface area contributed by atoms with Crippen molar-refractivity contribution < 1.29 is 0 Å². The lowest BCUT2D eigenvalue weighted by atomic mass is 10.2. The van der Waals surface area contributed by atoms with Crippen molar-refractivity contribution >= 4 is 23.0 Å². The lowest BCUT2D eigenvalue weighted by molar-refractivity contribution is 0.910. The van der Waals surface area contributed by atoms with Gasteiger partial charge in [-0.25, -0.2) is 4.98 Å². The number of nitrogens with two attached hydrogens (primary N) is 1. The Labute approximate surface area is 104 Å². The zero-order valence-corrected chi connectivity index (χ0v) is 10.4. The van der Waals surface area contributed by atoms with Crippen molar-refractivity contribution in [2.75, 3.05) is 11.9 Å². The number of rotatable bonds is 4. The zero-order chi connectivity index (χ0) is 12.3. The van der Waals surface area contributed by atoms with E-state index < -0.39 is 0 Å². The molecule has 0 aromatic carbocycles. The van der Waals surface area contributed by atoms with Crippen LogP contribution in [0.5, 0.6) is 0 Å². The van der Waals surface area contributed by atoms with Crippen molar-refractivity contribution in [1.82, 2.24) is 4.98 Å². The molecule has 0 fully saturated rings. The number of hydrogen-bond donors (Lipinski definition) is 2. The standard InChI is InChI=1S/C12H14N4S/c1-16(8-9-4-3-7-17-9)12-10(11(13)14)5-2-6-15-12/h2-7H,8H2,1H3,(H3,13,14). The summed E-state index contributed by atoms with van der Waals surface area (Å²) in [5.74, 6) is 0.791. The molecule has 0 unspecified atom stereocenters. The van der Waals surface area contributed by atoms with Crippen LogP contribution in [-0.2, 0) is 6.54 Å². The third-order valence-corrected chi connectivity index (χ3v) is 3.27. The number of aromatic nitrogens is 1. The molecule has 5 heteroatoms. The van der Waals surface area contributed by atoms with Crippen LogP contribution in [0, 0.1) is 5.41 Å². The number of nitrogens with one attached hydrogen (secondary N) is 1. The van der Waals surface area contributed by atoms with Gasteiger partial charge in [0, 0.05) is 18.1 Å². The highest BCUT2D eigenvalue weighted by Gasteiger charge is 2.11. The number of anilines is 1. The molecule has 2 aromatic rings. The lowest BCUT2D eigenvalue weighted by Crippen LogP contribution is -2.22. The van der Waals surface area contributed by atoms with Gasteiger partial charge in [-0.1, -0.05) is 6.07 Å². The Bertz CT molecular complexity index is 507. The average Bonchev–Trinajstić information content (AvgIpc) is 2.81. The first kappa shape index (κ1) is 11.6. The zero-order valence-electron chi connectivity index (χ0n) is 9.55. The normalized spacial score (nSPS) is 10.2. The molecule has 0 saturated carbocycles. The van der Waals surface area contributed by atoms with Gasteiger partial charge >= 0.3 is 0 Å². The summed E-state index contributed by atoms with van der Waals surface area (Å²) in [5, 5.41) is 9.58. The minimum Gasteiger partial charge on any atom is -0.384 e. The Kier molecular flexibility index (Phi) is 3.39. The Morgan fingerprint density at radius 2 is 2.29 bits per heavy atom. The summed E-state index contributed by atoms with van der Waals surface area (Å²) in [6, 6.07) is 7.71. The van der Waals surface area contributed by atoms with Gasteiger partial charge in [0.2, 0.25) is 0 Å². The molecule has 0 spiro atoms. The summed E-state index contributed by atoms with van der Waals surface area (Å²) in [6.45, 7) is 0.773. The van der Waals surface area contributed by atoms with E-state index in [1.165, 1.54) is 4.88 Å². The number of nitrogens with zero attached hydrogens (tertiary/aromatic N) is 2. The highest BCUT2D eigenvalue weighted by molar-refractivity contribution is 7.09. The van der Waals surface area contributed by atoms with Gasteiger partial charge < -0.3 is 10.6 Å². The molecule has 3 N–H and O–H groups in total. The minimum atomic E-state index is 0.0473. The molecule has 0 aliphatic rings. The Balaban J connectivity index is 2.24. The highest BCUT2D eigenvalue weighted by Crippen LogP contribution is 2.19. The van der Waals surface area contributed by atoms with Crippen molar-refractivity contribution in [1.29, 1.82) is 5.41 Å². The summed E-state index contributed by atoms with van der Waals surface area (Å²) in [4.78, 5) is 7.55. The number of amidine groups is 1. The van der Waals surface area contributed by atoms with E-state index in [1.54, 1.807) is 23.6 Å². The maximum atomic E-state index is 7.53. The predicted molar refractivity (Wildman–Crippen MR) is 71.7 cm³/mol. The Hall–Kier alpha value is -1.88. The van der Waals surface area contributed by atoms with Crippen LogP contribution in [0.4, 0.5) is 5.82 Å². The number of hydrogen-bond acceptors (Lipinski definition) is 4. The molecule has 0 radical (unpaired) electrons. The second-order valence-corrected chi connectivity index (χ2v) is 4.76. The van der Waals surface area contributed by atoms with Crippen LogP contribution in [-0.4, -0.2) is 17.9 Å². The van der Waals surface area contributed by atoms with Crippen LogP contribution in [0.2, 0.25) is 0 Å². The summed E-state index contributed by atoms with van der Waals surface area (Å²) < 4.78 is 0. The molecular formula is C12H14N4S. The van der Waals surface area contributed by atoms with Crippen LogP contribution in [0.1, 0.15) is 10.4 Å². The van der Waals surface area contributed by atoms with Crippen molar-refractivity contribution in [3.63, 3.8) is 0 Å². The molecule has 2 heterocycles. The summed E-state index contributed by atoms with van der Waals surface area (Å²) >= 11 is 1.71. The Morgan fingerprint density at radius 3 is 2.94 bits per heavy atom. The molecule has 88 valence electrons. The predicted octanol–water partition coefficient (Wildman–Crippen LogP) is 2.06. The van der Waals surface area contributed by atoms with Crippen LogP contribution in [0.3, 0.4) is 0 Å². The second-order valence-electron chi connectivity index (χ2n) is 3.72. The minimum absolute atomic E-state index is 0.0473. The van der Waals surface area contributed by atoms with E-state index in [2.05, 4.69) is 11.1 Å². The summed E-state index contributed by atoms with van der Waals surface area (Å²) in [7, 11) is 1.95. The van der Waals surface area contributed by atoms with Gasteiger partial charge in [-0.3, -0.25) is 5.41 Å². The van der Waals surface area contributed by atoms with Gasteiger partial charge in [-0.15, -0.1) is 11.3 Å². The molecular weight excluding hydrogens is 232 g/mol. The third kappa shape index (κ3) is 2.62. The van der Waals surface area contributed by atoms with E-state index in [0.717, 1.165) is 12.4 Å². The molecule has 0 bridgehead atoms. The van der Waals surface area contributed by atoms with Gasteiger partial charge in [0.25, 0.3) is 0 Å². The van der Waals surface area contributed by atoms with Crippen molar-refractivity contribution in [2.45, 2.75) is 6.54 Å². The maximum Gasteiger partial charge on any atom is 0.139 e. The van der Waals surface area contributed by atoms with E-state index in [4.69, 9.17) is 11.1 Å². The SMILES string of the molecule is CN(Cc1cccs1)c1ncccc1C(=N)N. The lowest BCUT2D eigenvalue weighted by Gasteiger charge is -2.19. The molecule has 0 amide bonds. The van der Waals surface area contributed by atoms with Gasteiger partial charge in [0.1, 0.15) is 11.7 Å². The first-order chi connectivity index (χ1) is 8.18. The fourth-order valence-corrected chi connectivity index (χ4v) is 2.38. The smallest absolute Gasteiger partial charge is 0.139 e. The van der Waals surface area contributed by atoms with Gasteiger partial charge in [0.05, 0.1) is 12.1 Å². The number of nitrogen functional groups attached to an aromatic ring is 1. The average molecular weight is 246 g/mol. The summed E-state index contributed by atoms with van der Waals surface area (Å²) in [5.41, 5.74) is 6.22. The molecule has 0 saturated heterocycles. The molecule has 0 aliphatic heterocycles. The first-order valence-electron chi connectivity index (χ1n) is 5.21. The molecule has 0 atom stereocenters. The third-order valence-electron chi connectivity index (χ3n) is 2.41. The van der Waals surface area contributed by atoms with Crippen LogP contribution < -0.4 is 10.6 Å². The molecule has 17 heavy (non-hydrogen) atoms. The topological polar surface area (TPSA) is 66.0 Å². The van der Waals surface area contributed by atoms with E-state index in [0.29, 0.717) is 5.56 Å². The summed E-state index contributed by atoms with van der Waals surface area (Å²) in [6.07, 6.45) is 1.71. The number of pyridine rings is 1. The highest BCUT2D eigenvalue weighted by atomic mass is 32.1. The first-order valence-corrected chi connectivity index (χ1v) is 6.09. The Morgan fingerprint density at radius 1 is 1.47 bits per heavy atom. The fraction of sp³-hybridized carbons (Fsp3) is 0.167. The van der Waals surface area contributed by atoms with E-state index in [9.17, 15) is 0 Å². The number of thiophene rings is 1. The monoisotopic (exact) mass is 246 g/mol.